The summed E-state index contributed by atoms with van der Waals surface area (Å²) in [6, 6.07) is -0.853. The van der Waals surface area contributed by atoms with Gasteiger partial charge in [-0.3, -0.25) is 0 Å². The second-order valence-corrected chi connectivity index (χ2v) is 6.03. The van der Waals surface area contributed by atoms with E-state index in [2.05, 4.69) is 10.6 Å². The third-order valence-electron chi connectivity index (χ3n) is 4.12. The predicted octanol–water partition coefficient (Wildman–Crippen LogP) is 3.12. The van der Waals surface area contributed by atoms with E-state index in [1.54, 1.807) is 0 Å². The van der Waals surface area contributed by atoms with Gasteiger partial charge < -0.3 is 10.6 Å². The number of amides is 4. The summed E-state index contributed by atoms with van der Waals surface area (Å²) in [5.41, 5.74) is -1.98. The average molecular weight is 323 g/mol. The number of nitrogens with zero attached hydrogens (tertiary/aromatic N) is 2. The van der Waals surface area contributed by atoms with Crippen LogP contribution in [-0.2, 0) is 0 Å². The molecule has 0 aromatic carbocycles. The van der Waals surface area contributed by atoms with Gasteiger partial charge in [-0.1, -0.05) is 26.7 Å². The minimum Gasteiger partial charge on any atom is -0.310 e. The summed E-state index contributed by atoms with van der Waals surface area (Å²) in [5, 5.41) is 5.64. The quantitative estimate of drug-likeness (QED) is 0.738. The molecule has 2 saturated heterocycles. The molecular formula is C12H20Cl2N4O2. The standard InChI is InChI=1S/C12H20Cl2N4O2/c1-3-5-7-11-12(8-6-4-2,16-9(19)15-11)18(14)10(20)17(11)13/h3-8H2,1-2H3,(H2,15,16,19). The van der Waals surface area contributed by atoms with Gasteiger partial charge in [0.05, 0.1) is 0 Å². The number of carbonyl (C=O) groups is 2. The maximum atomic E-state index is 12.2. The summed E-state index contributed by atoms with van der Waals surface area (Å²) >= 11 is 12.4. The third kappa shape index (κ3) is 1.92. The van der Waals surface area contributed by atoms with Crippen molar-refractivity contribution in [3.05, 3.63) is 0 Å². The SMILES string of the molecule is CCCCC12NC(=O)NC1(CCCC)N(Cl)C(=O)N2Cl. The van der Waals surface area contributed by atoms with E-state index in [4.69, 9.17) is 23.6 Å². The van der Waals surface area contributed by atoms with Crippen LogP contribution in [0.5, 0.6) is 0 Å². The summed E-state index contributed by atoms with van der Waals surface area (Å²) in [6.07, 6.45) is 4.65. The molecule has 0 aliphatic carbocycles. The Labute approximate surface area is 129 Å². The van der Waals surface area contributed by atoms with Gasteiger partial charge in [-0.15, -0.1) is 0 Å². The molecular weight excluding hydrogens is 303 g/mol. The molecule has 8 heteroatoms. The molecule has 0 bridgehead atoms. The monoisotopic (exact) mass is 322 g/mol. The molecule has 2 unspecified atom stereocenters. The van der Waals surface area contributed by atoms with Crippen LogP contribution in [0.2, 0.25) is 0 Å². The molecule has 2 heterocycles. The Morgan fingerprint density at radius 2 is 1.35 bits per heavy atom. The molecule has 2 fully saturated rings. The molecule has 114 valence electrons. The predicted molar refractivity (Wildman–Crippen MR) is 77.0 cm³/mol. The Kier molecular flexibility index (Phi) is 4.25. The highest BCUT2D eigenvalue weighted by atomic mass is 35.5. The second-order valence-electron chi connectivity index (χ2n) is 5.35. The van der Waals surface area contributed by atoms with Crippen molar-refractivity contribution in [2.75, 3.05) is 0 Å². The van der Waals surface area contributed by atoms with E-state index in [1.807, 2.05) is 13.8 Å². The van der Waals surface area contributed by atoms with Crippen molar-refractivity contribution in [3.8, 4) is 0 Å². The van der Waals surface area contributed by atoms with Crippen molar-refractivity contribution in [3.63, 3.8) is 0 Å². The fraction of sp³-hybridized carbons (Fsp3) is 0.833. The van der Waals surface area contributed by atoms with Crippen molar-refractivity contribution in [1.82, 2.24) is 19.5 Å². The lowest BCUT2D eigenvalue weighted by atomic mass is 9.86. The van der Waals surface area contributed by atoms with E-state index in [0.717, 1.165) is 34.5 Å². The number of unbranched alkanes of at least 4 members (excludes halogenated alkanes) is 2. The Bertz CT molecular complexity index is 388. The molecule has 6 nitrogen and oxygen atoms in total. The first-order chi connectivity index (χ1) is 9.45. The summed E-state index contributed by atoms with van der Waals surface area (Å²) in [7, 11) is 0. The average Bonchev–Trinajstić information content (AvgIpc) is 2.80. The number of nitrogens with one attached hydrogen (secondary N) is 2. The topological polar surface area (TPSA) is 64.7 Å². The Morgan fingerprint density at radius 1 is 0.950 bits per heavy atom. The van der Waals surface area contributed by atoms with Crippen molar-refractivity contribution in [2.24, 2.45) is 0 Å². The van der Waals surface area contributed by atoms with Crippen molar-refractivity contribution in [1.29, 1.82) is 0 Å². The van der Waals surface area contributed by atoms with Crippen molar-refractivity contribution < 1.29 is 9.59 Å². The third-order valence-corrected chi connectivity index (χ3v) is 4.98. The summed E-state index contributed by atoms with van der Waals surface area (Å²) in [6.45, 7) is 4.09. The van der Waals surface area contributed by atoms with Gasteiger partial charge in [0.1, 0.15) is 0 Å². The van der Waals surface area contributed by atoms with E-state index >= 15 is 0 Å². The van der Waals surface area contributed by atoms with Crippen LogP contribution in [0.15, 0.2) is 0 Å². The lowest BCUT2D eigenvalue weighted by molar-refractivity contribution is 0.0900. The van der Waals surface area contributed by atoms with Gasteiger partial charge in [-0.05, 0) is 25.7 Å². The van der Waals surface area contributed by atoms with Gasteiger partial charge in [0.2, 0.25) is 0 Å². The first kappa shape index (κ1) is 15.5. The van der Waals surface area contributed by atoms with Crippen LogP contribution < -0.4 is 10.6 Å². The molecule has 4 amide bonds. The van der Waals surface area contributed by atoms with E-state index in [0.29, 0.717) is 12.8 Å². The lowest BCUT2D eigenvalue weighted by Gasteiger charge is -2.40. The largest absolute Gasteiger partial charge is 0.353 e. The van der Waals surface area contributed by atoms with Crippen LogP contribution in [0, 0.1) is 0 Å². The number of carbonyl (C=O) groups excluding carboxylic acids is 2. The van der Waals surface area contributed by atoms with Gasteiger partial charge >= 0.3 is 12.1 Å². The lowest BCUT2D eigenvalue weighted by Crippen LogP contribution is -2.64. The molecule has 0 aromatic heterocycles. The van der Waals surface area contributed by atoms with Gasteiger partial charge in [-0.2, -0.15) is 0 Å². The van der Waals surface area contributed by atoms with Crippen LogP contribution in [-0.4, -0.2) is 32.2 Å². The molecule has 0 saturated carbocycles. The molecule has 0 radical (unpaired) electrons. The zero-order valence-electron chi connectivity index (χ0n) is 11.7. The number of fused-ring (bicyclic) bond motifs is 1. The van der Waals surface area contributed by atoms with Crippen LogP contribution in [0.1, 0.15) is 52.4 Å². The molecule has 0 spiro atoms. The maximum absolute atomic E-state index is 12.2. The molecule has 2 rings (SSSR count). The van der Waals surface area contributed by atoms with Crippen LogP contribution in [0.25, 0.3) is 0 Å². The molecule has 2 aliphatic rings. The Hall–Kier alpha value is -0.880. The van der Waals surface area contributed by atoms with Crippen LogP contribution in [0.3, 0.4) is 0 Å². The minimum absolute atomic E-state index is 0.346. The van der Waals surface area contributed by atoms with Crippen LogP contribution in [0.4, 0.5) is 9.59 Å². The van der Waals surface area contributed by atoms with Crippen molar-refractivity contribution in [2.45, 2.75) is 63.7 Å². The number of urea groups is 2. The van der Waals surface area contributed by atoms with Gasteiger partial charge in [-0.25, -0.2) is 18.4 Å². The number of halogens is 2. The summed E-state index contributed by atoms with van der Waals surface area (Å²) in [5.74, 6) is 0. The molecule has 2 N–H and O–H groups in total. The first-order valence-corrected chi connectivity index (χ1v) is 7.69. The van der Waals surface area contributed by atoms with E-state index < -0.39 is 17.4 Å². The van der Waals surface area contributed by atoms with E-state index in [-0.39, 0.29) is 6.03 Å². The van der Waals surface area contributed by atoms with E-state index in [9.17, 15) is 9.59 Å². The maximum Gasteiger partial charge on any atom is 0.353 e. The zero-order valence-corrected chi connectivity index (χ0v) is 13.2. The number of hydrogen-bond acceptors (Lipinski definition) is 2. The summed E-state index contributed by atoms with van der Waals surface area (Å²) < 4.78 is 2.09. The van der Waals surface area contributed by atoms with Crippen molar-refractivity contribution >= 4 is 35.6 Å². The smallest absolute Gasteiger partial charge is 0.310 e. The molecule has 20 heavy (non-hydrogen) atoms. The number of hydrogen-bond donors (Lipinski definition) is 2. The second kappa shape index (κ2) is 5.48. The molecule has 2 aliphatic heterocycles. The highest BCUT2D eigenvalue weighted by Gasteiger charge is 2.71. The molecule has 0 aromatic rings. The Balaban J connectivity index is 2.43. The highest BCUT2D eigenvalue weighted by Crippen LogP contribution is 2.49. The summed E-state index contributed by atoms with van der Waals surface area (Å²) in [4.78, 5) is 24.0. The fourth-order valence-electron chi connectivity index (χ4n) is 3.04. The highest BCUT2D eigenvalue weighted by molar-refractivity contribution is 6.30. The zero-order chi connectivity index (χ0) is 15.0. The van der Waals surface area contributed by atoms with Gasteiger partial charge in [0.25, 0.3) is 0 Å². The molecule has 2 atom stereocenters. The van der Waals surface area contributed by atoms with E-state index in [1.165, 1.54) is 0 Å². The first-order valence-electron chi connectivity index (χ1n) is 7.01. The van der Waals surface area contributed by atoms with Crippen LogP contribution >= 0.6 is 23.6 Å². The van der Waals surface area contributed by atoms with Gasteiger partial charge in [0.15, 0.2) is 11.3 Å². The minimum atomic E-state index is -0.990. The van der Waals surface area contributed by atoms with Gasteiger partial charge in [0, 0.05) is 23.6 Å². The fourth-order valence-corrected chi connectivity index (χ4v) is 3.76. The normalized spacial score (nSPS) is 32.4. The Morgan fingerprint density at radius 3 is 1.70 bits per heavy atom. The number of rotatable bonds is 6.